The molecule has 1 aromatic carbocycles. The maximum absolute atomic E-state index is 12.3. The first-order valence-electron chi connectivity index (χ1n) is 9.62. The van der Waals surface area contributed by atoms with E-state index < -0.39 is 29.4 Å². The van der Waals surface area contributed by atoms with Gasteiger partial charge in [0.25, 0.3) is 11.5 Å². The minimum Gasteiger partial charge on any atom is -0.481 e. The Morgan fingerprint density at radius 3 is 2.41 bits per heavy atom. The molecule has 2 aromatic heterocycles. The Morgan fingerprint density at radius 2 is 1.79 bits per heavy atom. The van der Waals surface area contributed by atoms with Crippen LogP contribution < -0.4 is 21.9 Å². The number of benzene rings is 1. The lowest BCUT2D eigenvalue weighted by atomic mass is 10.1. The fraction of sp³-hybridized carbons (Fsp3) is 0.200. The van der Waals surface area contributed by atoms with E-state index in [9.17, 15) is 19.2 Å². The van der Waals surface area contributed by atoms with Crippen molar-refractivity contribution >= 4 is 47.4 Å². The van der Waals surface area contributed by atoms with E-state index in [0.29, 0.717) is 11.4 Å². The molecule has 1 unspecified atom stereocenters. The second kappa shape index (κ2) is 11.7. The summed E-state index contributed by atoms with van der Waals surface area (Å²) in [6.45, 7) is 2.23. The predicted octanol–water partition coefficient (Wildman–Crippen LogP) is -0.230. The highest BCUT2D eigenvalue weighted by molar-refractivity contribution is 5.96. The maximum Gasteiger partial charge on any atom is 0.326 e. The lowest BCUT2D eigenvalue weighted by Gasteiger charge is -2.14. The van der Waals surface area contributed by atoms with Crippen molar-refractivity contribution in [3.05, 3.63) is 52.1 Å². The van der Waals surface area contributed by atoms with Gasteiger partial charge in [0.15, 0.2) is 11.2 Å². The van der Waals surface area contributed by atoms with E-state index in [4.69, 9.17) is 20.7 Å². The molecule has 1 amide bonds. The van der Waals surface area contributed by atoms with Crippen molar-refractivity contribution in [3.63, 3.8) is 0 Å². The summed E-state index contributed by atoms with van der Waals surface area (Å²) in [5.74, 6) is -3.16. The third-order valence-electron chi connectivity index (χ3n) is 4.36. The van der Waals surface area contributed by atoms with Gasteiger partial charge in [0.05, 0.1) is 18.4 Å². The number of carboxylic acids is 2. The number of aromatic amines is 1. The normalized spacial score (nSPS) is 11.1. The smallest absolute Gasteiger partial charge is 0.326 e. The Kier molecular flexibility index (Phi) is 8.70. The van der Waals surface area contributed by atoms with E-state index in [-0.39, 0.29) is 42.1 Å². The highest BCUT2D eigenvalue weighted by Gasteiger charge is 2.21. The van der Waals surface area contributed by atoms with Gasteiger partial charge in [-0.2, -0.15) is 4.98 Å². The van der Waals surface area contributed by atoms with Gasteiger partial charge in [0.2, 0.25) is 5.95 Å². The molecule has 1 atom stereocenters. The maximum atomic E-state index is 12.3. The van der Waals surface area contributed by atoms with Crippen LogP contribution >= 0.6 is 0 Å². The third-order valence-corrected chi connectivity index (χ3v) is 4.36. The second-order valence-electron chi connectivity index (χ2n) is 6.71. The molecule has 0 aliphatic heterocycles. The largest absolute Gasteiger partial charge is 0.481 e. The van der Waals surface area contributed by atoms with E-state index >= 15 is 0 Å². The highest BCUT2D eigenvalue weighted by atomic mass is 16.4. The first-order valence-corrected chi connectivity index (χ1v) is 9.62. The lowest BCUT2D eigenvalue weighted by Crippen LogP contribution is -2.41. The number of carbonyl (C=O) groups is 4. The number of hydrogen-bond acceptors (Lipinski definition) is 10. The zero-order chi connectivity index (χ0) is 25.3. The van der Waals surface area contributed by atoms with Crippen molar-refractivity contribution < 1.29 is 29.4 Å². The molecule has 14 nitrogen and oxygen atoms in total. The predicted molar refractivity (Wildman–Crippen MR) is 119 cm³/mol. The molecule has 14 heteroatoms. The number of fused-ring (bicyclic) bond motifs is 1. The quantitative estimate of drug-likeness (QED) is 0.238. The van der Waals surface area contributed by atoms with E-state index in [0.717, 1.165) is 0 Å². The van der Waals surface area contributed by atoms with Crippen LogP contribution in [0.25, 0.3) is 11.2 Å². The molecule has 0 spiro atoms. The van der Waals surface area contributed by atoms with Crippen molar-refractivity contribution in [1.82, 2.24) is 25.3 Å². The fourth-order valence-corrected chi connectivity index (χ4v) is 2.75. The average Bonchev–Trinajstić information content (AvgIpc) is 2.81. The number of aromatic nitrogens is 4. The number of H-pyrrole nitrogens is 1. The number of amides is 1. The van der Waals surface area contributed by atoms with Crippen LogP contribution in [-0.4, -0.2) is 60.8 Å². The zero-order valence-electron chi connectivity index (χ0n) is 17.6. The van der Waals surface area contributed by atoms with Crippen molar-refractivity contribution in [2.24, 2.45) is 0 Å². The van der Waals surface area contributed by atoms with Crippen LogP contribution in [0.4, 0.5) is 11.6 Å². The molecule has 2 heterocycles. The van der Waals surface area contributed by atoms with Crippen LogP contribution in [0.1, 0.15) is 28.9 Å². The molecule has 3 rings (SSSR count). The Labute approximate surface area is 191 Å². The molecule has 0 radical (unpaired) electrons. The first-order chi connectivity index (χ1) is 16.2. The molecule has 3 aromatic rings. The molecule has 178 valence electrons. The standard InChI is InChI=1S/C19H19N7O6.CH2O/c20-19-25-15-14(17(30)26-19)23-11(8-22-15)7-21-10-3-1-9(2-4-10)16(29)24-12(18(31)32)5-6-13(27)28;1-2/h1-4,8,12,21H,5-7H2,(H,24,29)(H,27,28)(H,31,32)(H3,20,22,25,26,30);1H2. The zero-order valence-corrected chi connectivity index (χ0v) is 17.6. The van der Waals surface area contributed by atoms with Gasteiger partial charge in [-0.15, -0.1) is 0 Å². The second-order valence-corrected chi connectivity index (χ2v) is 6.71. The van der Waals surface area contributed by atoms with Crippen LogP contribution in [0.5, 0.6) is 0 Å². The summed E-state index contributed by atoms with van der Waals surface area (Å²) < 4.78 is 0. The minimum absolute atomic E-state index is 0.0524. The molecule has 0 fully saturated rings. The van der Waals surface area contributed by atoms with Gasteiger partial charge in [-0.25, -0.2) is 14.8 Å². The fourth-order valence-electron chi connectivity index (χ4n) is 2.75. The molecule has 0 aliphatic carbocycles. The van der Waals surface area contributed by atoms with Crippen LogP contribution in [0.15, 0.2) is 35.3 Å². The average molecular weight is 471 g/mol. The van der Waals surface area contributed by atoms with Gasteiger partial charge >= 0.3 is 11.9 Å². The number of anilines is 2. The molecule has 0 aliphatic rings. The number of nitrogen functional groups attached to an aromatic ring is 1. The number of hydrogen-bond donors (Lipinski definition) is 6. The summed E-state index contributed by atoms with van der Waals surface area (Å²) in [6.07, 6.45) is 0.840. The van der Waals surface area contributed by atoms with Crippen molar-refractivity contribution in [2.75, 3.05) is 11.1 Å². The summed E-state index contributed by atoms with van der Waals surface area (Å²) in [6, 6.07) is 4.86. The molecule has 0 saturated carbocycles. The molecule has 0 saturated heterocycles. The SMILES string of the molecule is C=O.Nc1nc2ncc(CNc3ccc(C(=O)NC(CCC(=O)O)C(=O)O)cc3)nc2c(=O)[nH]1. The van der Waals surface area contributed by atoms with Gasteiger partial charge < -0.3 is 31.4 Å². The monoisotopic (exact) mass is 471 g/mol. The number of carboxylic acid groups (broad SMARTS) is 2. The third kappa shape index (κ3) is 6.81. The molecular weight excluding hydrogens is 450 g/mol. The number of nitrogens with two attached hydrogens (primary N) is 1. The minimum atomic E-state index is -1.31. The Bertz CT molecular complexity index is 1240. The van der Waals surface area contributed by atoms with Gasteiger partial charge in [-0.3, -0.25) is 19.4 Å². The molecule has 34 heavy (non-hydrogen) atoms. The number of carbonyl (C=O) groups excluding carboxylic acids is 2. The number of nitrogens with zero attached hydrogens (tertiary/aromatic N) is 3. The number of rotatable bonds is 9. The Morgan fingerprint density at radius 1 is 1.12 bits per heavy atom. The van der Waals surface area contributed by atoms with Gasteiger partial charge in [-0.05, 0) is 30.7 Å². The summed E-state index contributed by atoms with van der Waals surface area (Å²) in [7, 11) is 0. The molecule has 0 bridgehead atoms. The summed E-state index contributed by atoms with van der Waals surface area (Å²) in [5.41, 5.74) is 6.47. The molecule has 7 N–H and O–H groups in total. The molecular formula is C20H21N7O7. The van der Waals surface area contributed by atoms with Crippen LogP contribution in [-0.2, 0) is 20.9 Å². The van der Waals surface area contributed by atoms with Gasteiger partial charge in [0, 0.05) is 17.7 Å². The van der Waals surface area contributed by atoms with Gasteiger partial charge in [0.1, 0.15) is 12.8 Å². The van der Waals surface area contributed by atoms with Crippen LogP contribution in [0, 0.1) is 0 Å². The van der Waals surface area contributed by atoms with Crippen LogP contribution in [0.2, 0.25) is 0 Å². The highest BCUT2D eigenvalue weighted by Crippen LogP contribution is 2.12. The first kappa shape index (κ1) is 25.4. The number of aliphatic carboxylic acids is 2. The van der Waals surface area contributed by atoms with Crippen molar-refractivity contribution in [2.45, 2.75) is 25.4 Å². The van der Waals surface area contributed by atoms with E-state index in [2.05, 4.69) is 30.6 Å². The van der Waals surface area contributed by atoms with Crippen molar-refractivity contribution in [1.29, 1.82) is 0 Å². The van der Waals surface area contributed by atoms with Crippen LogP contribution in [0.3, 0.4) is 0 Å². The van der Waals surface area contributed by atoms with E-state index in [1.165, 1.54) is 18.3 Å². The summed E-state index contributed by atoms with van der Waals surface area (Å²) in [5, 5.41) is 23.2. The Balaban J connectivity index is 0.00000199. The topological polar surface area (TPSA) is 230 Å². The van der Waals surface area contributed by atoms with E-state index in [1.807, 2.05) is 6.79 Å². The number of nitrogens with one attached hydrogen (secondary N) is 3. The lowest BCUT2D eigenvalue weighted by molar-refractivity contribution is -0.140. The summed E-state index contributed by atoms with van der Waals surface area (Å²) >= 11 is 0. The van der Waals surface area contributed by atoms with Crippen molar-refractivity contribution in [3.8, 4) is 0 Å². The summed E-state index contributed by atoms with van der Waals surface area (Å²) in [4.78, 5) is 68.6. The Hall–Kier alpha value is -4.88. The van der Waals surface area contributed by atoms with Gasteiger partial charge in [-0.1, -0.05) is 0 Å². The van der Waals surface area contributed by atoms with E-state index in [1.54, 1.807) is 12.1 Å².